The largest absolute Gasteiger partial charge is 0.481 e. The lowest BCUT2D eigenvalue weighted by atomic mass is 9.85. The number of hydrogen-bond acceptors (Lipinski definition) is 3. The molecule has 0 radical (unpaired) electrons. The van der Waals surface area contributed by atoms with Gasteiger partial charge in [0.2, 0.25) is 5.88 Å². The number of nitrogens with zero attached hydrogens (tertiary/aromatic N) is 1. The van der Waals surface area contributed by atoms with E-state index in [2.05, 4.69) is 46.9 Å². The Bertz CT molecular complexity index is 635. The summed E-state index contributed by atoms with van der Waals surface area (Å²) in [4.78, 5) is 16.7. The van der Waals surface area contributed by atoms with Crippen molar-refractivity contribution < 1.29 is 9.53 Å². The van der Waals surface area contributed by atoms with Crippen molar-refractivity contribution in [3.8, 4) is 5.88 Å². The van der Waals surface area contributed by atoms with Crippen molar-refractivity contribution in [1.29, 1.82) is 0 Å². The predicted octanol–water partition coefficient (Wildman–Crippen LogP) is 5.26. The maximum Gasteiger partial charge on any atom is 0.212 e. The van der Waals surface area contributed by atoms with Crippen LogP contribution in [-0.4, -0.2) is 17.9 Å². The Morgan fingerprint density at radius 3 is 2.39 bits per heavy atom. The Kier molecular flexibility index (Phi) is 6.34. The first-order chi connectivity index (χ1) is 11.0. The van der Waals surface area contributed by atoms with Crippen LogP contribution in [0, 0.1) is 5.92 Å². The van der Waals surface area contributed by atoms with Gasteiger partial charge in [0.15, 0.2) is 5.78 Å². The number of benzene rings is 1. The summed E-state index contributed by atoms with van der Waals surface area (Å²) in [6.45, 7) is 4.37. The first kappa shape index (κ1) is 17.7. The van der Waals surface area contributed by atoms with Gasteiger partial charge in [0.25, 0.3) is 0 Å². The first-order valence-electron chi connectivity index (χ1n) is 7.78. The monoisotopic (exact) mass is 375 g/mol. The SMILES string of the molecule is COc1ccc(C(=O)CC(CC(C)C)c2ccc(Br)cc2)cn1. The molecule has 0 N–H and O–H groups in total. The third-order valence-corrected chi connectivity index (χ3v) is 4.33. The van der Waals surface area contributed by atoms with Gasteiger partial charge in [-0.2, -0.15) is 0 Å². The van der Waals surface area contributed by atoms with Gasteiger partial charge >= 0.3 is 0 Å². The van der Waals surface area contributed by atoms with Crippen molar-refractivity contribution in [3.63, 3.8) is 0 Å². The van der Waals surface area contributed by atoms with Gasteiger partial charge in [-0.1, -0.05) is 41.9 Å². The van der Waals surface area contributed by atoms with Crippen LogP contribution < -0.4 is 4.74 Å². The molecule has 2 rings (SSSR count). The minimum absolute atomic E-state index is 0.119. The molecule has 0 bridgehead atoms. The van der Waals surface area contributed by atoms with Crippen LogP contribution in [-0.2, 0) is 0 Å². The maximum absolute atomic E-state index is 12.6. The third kappa shape index (κ3) is 5.17. The molecule has 0 fully saturated rings. The molecule has 4 heteroatoms. The molecule has 1 heterocycles. The van der Waals surface area contributed by atoms with Crippen LogP contribution in [0.5, 0.6) is 5.88 Å². The molecule has 0 aliphatic rings. The first-order valence-corrected chi connectivity index (χ1v) is 8.57. The van der Waals surface area contributed by atoms with E-state index in [4.69, 9.17) is 4.74 Å². The molecule has 1 atom stereocenters. The number of rotatable bonds is 7. The van der Waals surface area contributed by atoms with E-state index in [1.807, 2.05) is 12.1 Å². The topological polar surface area (TPSA) is 39.2 Å². The van der Waals surface area contributed by atoms with Crippen molar-refractivity contribution in [2.24, 2.45) is 5.92 Å². The molecule has 1 unspecified atom stereocenters. The van der Waals surface area contributed by atoms with Crippen molar-refractivity contribution in [3.05, 3.63) is 58.2 Å². The molecule has 0 aliphatic carbocycles. The Morgan fingerprint density at radius 1 is 1.17 bits per heavy atom. The lowest BCUT2D eigenvalue weighted by Gasteiger charge is -2.19. The zero-order valence-corrected chi connectivity index (χ0v) is 15.3. The minimum atomic E-state index is 0.119. The van der Waals surface area contributed by atoms with Gasteiger partial charge in [-0.3, -0.25) is 4.79 Å². The van der Waals surface area contributed by atoms with Crippen LogP contribution in [0.15, 0.2) is 47.1 Å². The van der Waals surface area contributed by atoms with E-state index < -0.39 is 0 Å². The summed E-state index contributed by atoms with van der Waals surface area (Å²) in [6.07, 6.45) is 3.07. The van der Waals surface area contributed by atoms with E-state index in [1.54, 1.807) is 25.4 Å². The Labute approximate surface area is 146 Å². The summed E-state index contributed by atoms with van der Waals surface area (Å²) in [5.41, 5.74) is 1.84. The fraction of sp³-hybridized carbons (Fsp3) is 0.368. The molecule has 2 aromatic rings. The van der Waals surface area contributed by atoms with Crippen LogP contribution >= 0.6 is 15.9 Å². The van der Waals surface area contributed by atoms with Gasteiger partial charge in [-0.25, -0.2) is 4.98 Å². The Morgan fingerprint density at radius 2 is 1.87 bits per heavy atom. The van der Waals surface area contributed by atoms with E-state index in [0.717, 1.165) is 10.9 Å². The second-order valence-electron chi connectivity index (χ2n) is 6.09. The average molecular weight is 376 g/mol. The van der Waals surface area contributed by atoms with Gasteiger partial charge < -0.3 is 4.74 Å². The number of ether oxygens (including phenoxy) is 1. The Balaban J connectivity index is 2.15. The second kappa shape index (κ2) is 8.25. The van der Waals surface area contributed by atoms with E-state index in [9.17, 15) is 4.79 Å². The van der Waals surface area contributed by atoms with Crippen LogP contribution in [0.25, 0.3) is 0 Å². The number of carbonyl (C=O) groups excluding carboxylic acids is 1. The lowest BCUT2D eigenvalue weighted by Crippen LogP contribution is -2.10. The number of pyridine rings is 1. The van der Waals surface area contributed by atoms with E-state index in [1.165, 1.54) is 5.56 Å². The van der Waals surface area contributed by atoms with Crippen LogP contribution in [0.2, 0.25) is 0 Å². The van der Waals surface area contributed by atoms with Gasteiger partial charge in [-0.05, 0) is 42.0 Å². The van der Waals surface area contributed by atoms with Crippen LogP contribution in [0.4, 0.5) is 0 Å². The molecule has 1 aromatic carbocycles. The fourth-order valence-corrected chi connectivity index (χ4v) is 2.91. The molecule has 0 aliphatic heterocycles. The normalized spacial score (nSPS) is 12.2. The zero-order chi connectivity index (χ0) is 16.8. The molecule has 122 valence electrons. The number of aromatic nitrogens is 1. The number of Topliss-reactive ketones (excluding diaryl/α,β-unsaturated/α-hetero) is 1. The minimum Gasteiger partial charge on any atom is -0.481 e. The molecular formula is C19H22BrNO2. The number of carbonyl (C=O) groups is 1. The zero-order valence-electron chi connectivity index (χ0n) is 13.8. The molecule has 3 nitrogen and oxygen atoms in total. The summed E-state index contributed by atoms with van der Waals surface area (Å²) >= 11 is 3.46. The quantitative estimate of drug-likeness (QED) is 0.619. The number of ketones is 1. The van der Waals surface area contributed by atoms with Crippen LogP contribution in [0.3, 0.4) is 0 Å². The highest BCUT2D eigenvalue weighted by Gasteiger charge is 2.19. The molecule has 0 amide bonds. The standard InChI is InChI=1S/C19H22BrNO2/c1-13(2)10-16(14-4-7-17(20)8-5-14)11-18(22)15-6-9-19(23-3)21-12-15/h4-9,12-13,16H,10-11H2,1-3H3. The summed E-state index contributed by atoms with van der Waals surface area (Å²) in [6, 6.07) is 11.8. The molecule has 0 spiro atoms. The summed E-state index contributed by atoms with van der Waals surface area (Å²) < 4.78 is 6.09. The number of hydrogen-bond donors (Lipinski definition) is 0. The predicted molar refractivity (Wildman–Crippen MR) is 96.1 cm³/mol. The Hall–Kier alpha value is -1.68. The van der Waals surface area contributed by atoms with Gasteiger partial charge in [-0.15, -0.1) is 0 Å². The summed E-state index contributed by atoms with van der Waals surface area (Å²) in [7, 11) is 1.57. The lowest BCUT2D eigenvalue weighted by molar-refractivity contribution is 0.0970. The molecule has 23 heavy (non-hydrogen) atoms. The van der Waals surface area contributed by atoms with E-state index >= 15 is 0 Å². The van der Waals surface area contributed by atoms with Gasteiger partial charge in [0.05, 0.1) is 7.11 Å². The molecule has 0 saturated heterocycles. The smallest absolute Gasteiger partial charge is 0.212 e. The maximum atomic E-state index is 12.6. The van der Waals surface area contributed by atoms with Crippen molar-refractivity contribution in [2.75, 3.05) is 7.11 Å². The molecule has 1 aromatic heterocycles. The van der Waals surface area contributed by atoms with E-state index in [-0.39, 0.29) is 11.7 Å². The third-order valence-electron chi connectivity index (χ3n) is 3.80. The molecular weight excluding hydrogens is 354 g/mol. The van der Waals surface area contributed by atoms with Crippen molar-refractivity contribution >= 4 is 21.7 Å². The molecule has 0 saturated carbocycles. The van der Waals surface area contributed by atoms with Crippen molar-refractivity contribution in [2.45, 2.75) is 32.6 Å². The van der Waals surface area contributed by atoms with E-state index in [0.29, 0.717) is 23.8 Å². The summed E-state index contributed by atoms with van der Waals surface area (Å²) in [5, 5.41) is 0. The second-order valence-corrected chi connectivity index (χ2v) is 7.01. The fourth-order valence-electron chi connectivity index (χ4n) is 2.65. The number of methoxy groups -OCH3 is 1. The average Bonchev–Trinajstić information content (AvgIpc) is 2.54. The summed E-state index contributed by atoms with van der Waals surface area (Å²) in [5.74, 6) is 1.39. The highest BCUT2D eigenvalue weighted by atomic mass is 79.9. The van der Waals surface area contributed by atoms with Gasteiger partial charge in [0, 0.05) is 28.7 Å². The van der Waals surface area contributed by atoms with Gasteiger partial charge in [0.1, 0.15) is 0 Å². The highest BCUT2D eigenvalue weighted by Crippen LogP contribution is 2.29. The van der Waals surface area contributed by atoms with Crippen molar-refractivity contribution in [1.82, 2.24) is 4.98 Å². The van der Waals surface area contributed by atoms with Crippen LogP contribution in [0.1, 0.15) is 48.5 Å². The highest BCUT2D eigenvalue weighted by molar-refractivity contribution is 9.10. The number of halogens is 1.